The molecule has 11 heteroatoms. The van der Waals surface area contributed by atoms with E-state index >= 15 is 0 Å². The Kier molecular flexibility index (Phi) is 5.76. The summed E-state index contributed by atoms with van der Waals surface area (Å²) >= 11 is 0. The molecule has 1 amide bonds. The van der Waals surface area contributed by atoms with Crippen molar-refractivity contribution in [3.8, 4) is 0 Å². The second kappa shape index (κ2) is 8.56. The van der Waals surface area contributed by atoms with Crippen molar-refractivity contribution in [3.05, 3.63) is 69.5 Å². The van der Waals surface area contributed by atoms with E-state index < -0.39 is 51.5 Å². The first-order valence-electron chi connectivity index (χ1n) is 11.5. The number of hydrogen-bond acceptors (Lipinski definition) is 3. The third-order valence-corrected chi connectivity index (χ3v) is 7.01. The predicted octanol–water partition coefficient (Wildman–Crippen LogP) is 6.34. The number of aromatic nitrogens is 1. The molecule has 2 bridgehead atoms. The lowest BCUT2D eigenvalue weighted by Crippen LogP contribution is -2.39. The minimum absolute atomic E-state index is 0.150. The van der Waals surface area contributed by atoms with Crippen LogP contribution in [-0.4, -0.2) is 23.0 Å². The summed E-state index contributed by atoms with van der Waals surface area (Å²) in [7, 11) is 0. The number of rotatable bonds is 3. The van der Waals surface area contributed by atoms with Crippen molar-refractivity contribution >= 4 is 28.2 Å². The zero-order valence-corrected chi connectivity index (χ0v) is 18.8. The smallest absolute Gasteiger partial charge is 0.366 e. The summed E-state index contributed by atoms with van der Waals surface area (Å²) in [4.78, 5) is 30.1. The van der Waals surface area contributed by atoms with Gasteiger partial charge in [-0.25, -0.2) is 0 Å². The van der Waals surface area contributed by atoms with Crippen molar-refractivity contribution < 1.29 is 31.1 Å². The molecule has 2 atom stereocenters. The van der Waals surface area contributed by atoms with Crippen molar-refractivity contribution in [2.75, 3.05) is 10.2 Å². The van der Waals surface area contributed by atoms with Crippen LogP contribution in [0.3, 0.4) is 0 Å². The zero-order chi connectivity index (χ0) is 25.8. The molecule has 2 fully saturated rings. The number of fused-ring (bicyclic) bond motifs is 3. The molecule has 3 heterocycles. The lowest BCUT2D eigenvalue weighted by atomic mass is 10.0. The van der Waals surface area contributed by atoms with Crippen molar-refractivity contribution in [3.63, 3.8) is 0 Å². The lowest BCUT2D eigenvalue weighted by Gasteiger charge is -2.37. The highest BCUT2D eigenvalue weighted by atomic mass is 19.4. The number of nitrogens with zero attached hydrogens (tertiary/aromatic N) is 1. The SMILES string of the molecule is O=C(Nc1ccc(N2C3CCCC2CC3)cc1C(F)(F)F)c1c[nH]c2cccc(C(F)(F)F)c2c1=O. The van der Waals surface area contributed by atoms with Gasteiger partial charge < -0.3 is 15.2 Å². The van der Waals surface area contributed by atoms with Crippen LogP contribution in [0, 0.1) is 0 Å². The van der Waals surface area contributed by atoms with Gasteiger partial charge in [0, 0.05) is 29.5 Å². The molecule has 3 aromatic rings. The van der Waals surface area contributed by atoms with Crippen LogP contribution in [0.5, 0.6) is 0 Å². The Morgan fingerprint density at radius 2 is 1.58 bits per heavy atom. The Morgan fingerprint density at radius 1 is 0.917 bits per heavy atom. The number of carbonyl (C=O) groups excluding carboxylic acids is 1. The first-order chi connectivity index (χ1) is 16.9. The van der Waals surface area contributed by atoms with E-state index in [1.54, 1.807) is 0 Å². The largest absolute Gasteiger partial charge is 0.418 e. The molecule has 2 saturated heterocycles. The third kappa shape index (κ3) is 4.20. The van der Waals surface area contributed by atoms with Gasteiger partial charge in [0.15, 0.2) is 0 Å². The fourth-order valence-electron chi connectivity index (χ4n) is 5.44. The highest BCUT2D eigenvalue weighted by molar-refractivity contribution is 6.06. The van der Waals surface area contributed by atoms with E-state index in [0.717, 1.165) is 56.5 Å². The number of piperidine rings is 1. The van der Waals surface area contributed by atoms with E-state index in [1.165, 1.54) is 12.1 Å². The Balaban J connectivity index is 1.52. The quantitative estimate of drug-likeness (QED) is 0.405. The maximum atomic E-state index is 14.0. The van der Waals surface area contributed by atoms with E-state index in [2.05, 4.69) is 10.3 Å². The average molecular weight is 509 g/mol. The molecule has 2 aromatic carbocycles. The Bertz CT molecular complexity index is 1380. The molecule has 0 aliphatic carbocycles. The number of alkyl halides is 6. The first kappa shape index (κ1) is 24.2. The number of pyridine rings is 1. The van der Waals surface area contributed by atoms with Crippen LogP contribution in [0.1, 0.15) is 53.6 Å². The van der Waals surface area contributed by atoms with E-state index in [1.807, 2.05) is 4.90 Å². The number of benzene rings is 2. The minimum atomic E-state index is -4.87. The number of nitrogens with one attached hydrogen (secondary N) is 2. The van der Waals surface area contributed by atoms with Gasteiger partial charge in [0.25, 0.3) is 5.91 Å². The summed E-state index contributed by atoms with van der Waals surface area (Å²) in [5.41, 5.74) is -4.62. The lowest BCUT2D eigenvalue weighted by molar-refractivity contribution is -0.137. The topological polar surface area (TPSA) is 65.2 Å². The van der Waals surface area contributed by atoms with Crippen molar-refractivity contribution in [2.45, 2.75) is 56.5 Å². The molecular weight excluding hydrogens is 488 g/mol. The monoisotopic (exact) mass is 509 g/mol. The normalized spacial score (nSPS) is 20.1. The molecule has 0 radical (unpaired) electrons. The molecule has 1 aromatic heterocycles. The van der Waals surface area contributed by atoms with Crippen LogP contribution < -0.4 is 15.6 Å². The number of amides is 1. The zero-order valence-electron chi connectivity index (χ0n) is 18.8. The Labute approximate surface area is 201 Å². The Hall–Kier alpha value is -3.50. The molecule has 2 N–H and O–H groups in total. The summed E-state index contributed by atoms with van der Waals surface area (Å²) in [6, 6.07) is 6.99. The molecule has 0 spiro atoms. The van der Waals surface area contributed by atoms with Gasteiger partial charge in [-0.3, -0.25) is 9.59 Å². The van der Waals surface area contributed by atoms with Crippen LogP contribution >= 0.6 is 0 Å². The van der Waals surface area contributed by atoms with E-state index in [0.29, 0.717) is 11.8 Å². The van der Waals surface area contributed by atoms with E-state index in [-0.39, 0.29) is 17.6 Å². The standard InChI is InChI=1S/C25H21F6N3O2/c26-24(27,28)17-5-2-6-20-21(17)22(35)16(12-32-20)23(36)33-19-10-9-15(11-18(19)25(29,30)31)34-13-3-1-4-14(34)8-7-13/h2,5-6,9-14H,1,3-4,7-8H2,(H,32,35)(H,33,36). The first-order valence-corrected chi connectivity index (χ1v) is 11.5. The van der Waals surface area contributed by atoms with Gasteiger partial charge in [0.05, 0.1) is 22.2 Å². The summed E-state index contributed by atoms with van der Waals surface area (Å²) in [6.45, 7) is 0. The van der Waals surface area contributed by atoms with Gasteiger partial charge in [-0.05, 0) is 62.4 Å². The van der Waals surface area contributed by atoms with Gasteiger partial charge >= 0.3 is 12.4 Å². The minimum Gasteiger partial charge on any atom is -0.366 e. The second-order valence-electron chi connectivity index (χ2n) is 9.16. The van der Waals surface area contributed by atoms with Gasteiger partial charge in [-0.1, -0.05) is 6.07 Å². The molecular formula is C25H21F6N3O2. The van der Waals surface area contributed by atoms with Crippen LogP contribution in [0.2, 0.25) is 0 Å². The molecule has 2 unspecified atom stereocenters. The maximum absolute atomic E-state index is 14.0. The molecule has 5 nitrogen and oxygen atoms in total. The maximum Gasteiger partial charge on any atom is 0.418 e. The predicted molar refractivity (Wildman–Crippen MR) is 122 cm³/mol. The van der Waals surface area contributed by atoms with E-state index in [4.69, 9.17) is 0 Å². The molecule has 190 valence electrons. The summed E-state index contributed by atoms with van der Waals surface area (Å²) < 4.78 is 82.2. The molecule has 2 aliphatic rings. The van der Waals surface area contributed by atoms with Crippen LogP contribution in [0.15, 0.2) is 47.4 Å². The number of H-pyrrole nitrogens is 1. The Morgan fingerprint density at radius 3 is 2.22 bits per heavy atom. The van der Waals surface area contributed by atoms with Gasteiger partial charge in [0.1, 0.15) is 5.56 Å². The van der Waals surface area contributed by atoms with E-state index in [9.17, 15) is 35.9 Å². The van der Waals surface area contributed by atoms with Crippen molar-refractivity contribution in [1.29, 1.82) is 0 Å². The summed E-state index contributed by atoms with van der Waals surface area (Å²) in [5.74, 6) is -1.24. The van der Waals surface area contributed by atoms with Crippen molar-refractivity contribution in [1.82, 2.24) is 4.98 Å². The number of anilines is 2. The second-order valence-corrected chi connectivity index (χ2v) is 9.16. The summed E-state index contributed by atoms with van der Waals surface area (Å²) in [5, 5.41) is 1.33. The summed E-state index contributed by atoms with van der Waals surface area (Å²) in [6.07, 6.45) is -4.12. The fourth-order valence-corrected chi connectivity index (χ4v) is 5.44. The van der Waals surface area contributed by atoms with Crippen LogP contribution in [0.25, 0.3) is 10.9 Å². The highest BCUT2D eigenvalue weighted by Crippen LogP contribution is 2.43. The van der Waals surface area contributed by atoms with Gasteiger partial charge in [-0.15, -0.1) is 0 Å². The number of halogens is 6. The van der Waals surface area contributed by atoms with Crippen molar-refractivity contribution in [2.24, 2.45) is 0 Å². The molecule has 36 heavy (non-hydrogen) atoms. The molecule has 0 saturated carbocycles. The van der Waals surface area contributed by atoms with Gasteiger partial charge in [0.2, 0.25) is 5.43 Å². The molecule has 2 aliphatic heterocycles. The number of carbonyl (C=O) groups is 1. The highest BCUT2D eigenvalue weighted by Gasteiger charge is 2.40. The van der Waals surface area contributed by atoms with Crippen LogP contribution in [0.4, 0.5) is 37.7 Å². The average Bonchev–Trinajstić information content (AvgIpc) is 3.05. The number of aromatic amines is 1. The molecule has 5 rings (SSSR count). The third-order valence-electron chi connectivity index (χ3n) is 7.01. The number of hydrogen-bond donors (Lipinski definition) is 2. The van der Waals surface area contributed by atoms with Crippen LogP contribution in [-0.2, 0) is 12.4 Å². The van der Waals surface area contributed by atoms with Gasteiger partial charge in [-0.2, -0.15) is 26.3 Å². The fraction of sp³-hybridized carbons (Fsp3) is 0.360.